The van der Waals surface area contributed by atoms with Crippen LogP contribution in [0, 0.1) is 5.82 Å². The van der Waals surface area contributed by atoms with Crippen molar-refractivity contribution in [2.24, 2.45) is 7.05 Å². The Morgan fingerprint density at radius 2 is 2.21 bits per heavy atom. The fraction of sp³-hybridized carbons (Fsp3) is 0.167. The summed E-state index contributed by atoms with van der Waals surface area (Å²) in [5.41, 5.74) is 0.0346. The highest BCUT2D eigenvalue weighted by Crippen LogP contribution is 2.23. The van der Waals surface area contributed by atoms with Gasteiger partial charge in [-0.05, 0) is 18.2 Å². The molecule has 6 nitrogen and oxygen atoms in total. The average molecular weight is 265 g/mol. The molecular formula is C12H12FN3O3. The van der Waals surface area contributed by atoms with Gasteiger partial charge in [0, 0.05) is 13.1 Å². The molecule has 0 fully saturated rings. The summed E-state index contributed by atoms with van der Waals surface area (Å²) in [5, 5.41) is 15.6. The average Bonchev–Trinajstić information content (AvgIpc) is 2.72. The SMILES string of the molecule is COc1cc(Nc2ccc(C(=O)O)cc2F)nn1C. The van der Waals surface area contributed by atoms with Crippen molar-refractivity contribution in [1.82, 2.24) is 9.78 Å². The van der Waals surface area contributed by atoms with Crippen molar-refractivity contribution < 1.29 is 19.0 Å². The molecule has 0 radical (unpaired) electrons. The Morgan fingerprint density at radius 3 is 2.74 bits per heavy atom. The molecule has 2 N–H and O–H groups in total. The summed E-state index contributed by atoms with van der Waals surface area (Å²) in [6, 6.07) is 5.21. The van der Waals surface area contributed by atoms with Crippen LogP contribution in [-0.2, 0) is 7.05 Å². The molecule has 0 aliphatic carbocycles. The number of carboxylic acids is 1. The van der Waals surface area contributed by atoms with E-state index in [0.717, 1.165) is 6.07 Å². The van der Waals surface area contributed by atoms with E-state index in [4.69, 9.17) is 9.84 Å². The standard InChI is InChI=1S/C12H12FN3O3/c1-16-11(19-2)6-10(15-16)14-9-4-3-7(12(17)18)5-8(9)13/h3-6H,1-2H3,(H,14,15)(H,17,18). The van der Waals surface area contributed by atoms with E-state index in [1.165, 1.54) is 23.9 Å². The lowest BCUT2D eigenvalue weighted by atomic mass is 10.2. The van der Waals surface area contributed by atoms with Crippen molar-refractivity contribution in [1.29, 1.82) is 0 Å². The number of aromatic carboxylic acids is 1. The molecule has 0 saturated carbocycles. The van der Waals surface area contributed by atoms with Gasteiger partial charge in [-0.1, -0.05) is 0 Å². The summed E-state index contributed by atoms with van der Waals surface area (Å²) in [6.45, 7) is 0. The number of carboxylic acid groups (broad SMARTS) is 1. The number of carbonyl (C=O) groups is 1. The van der Waals surface area contributed by atoms with E-state index in [2.05, 4.69) is 10.4 Å². The van der Waals surface area contributed by atoms with Gasteiger partial charge in [-0.3, -0.25) is 0 Å². The second-order valence-corrected chi connectivity index (χ2v) is 3.82. The van der Waals surface area contributed by atoms with Gasteiger partial charge < -0.3 is 15.2 Å². The van der Waals surface area contributed by atoms with Gasteiger partial charge in [-0.15, -0.1) is 0 Å². The lowest BCUT2D eigenvalue weighted by molar-refractivity contribution is 0.0696. The molecule has 0 amide bonds. The summed E-state index contributed by atoms with van der Waals surface area (Å²) in [7, 11) is 3.19. The number of ether oxygens (including phenoxy) is 1. The third-order valence-corrected chi connectivity index (χ3v) is 2.52. The number of benzene rings is 1. The Balaban J connectivity index is 2.25. The van der Waals surface area contributed by atoms with Crippen LogP contribution in [0.5, 0.6) is 5.88 Å². The van der Waals surface area contributed by atoms with E-state index in [9.17, 15) is 9.18 Å². The first-order chi connectivity index (χ1) is 9.01. The zero-order valence-electron chi connectivity index (χ0n) is 10.3. The number of aromatic nitrogens is 2. The fourth-order valence-corrected chi connectivity index (χ4v) is 1.59. The zero-order valence-corrected chi connectivity index (χ0v) is 10.3. The maximum absolute atomic E-state index is 13.7. The molecule has 100 valence electrons. The van der Waals surface area contributed by atoms with Gasteiger partial charge in [0.1, 0.15) is 5.82 Å². The van der Waals surface area contributed by atoms with Crippen molar-refractivity contribution in [3.8, 4) is 5.88 Å². The largest absolute Gasteiger partial charge is 0.481 e. The summed E-state index contributed by atoms with van der Waals surface area (Å²) in [6.07, 6.45) is 0. The third-order valence-electron chi connectivity index (χ3n) is 2.52. The van der Waals surface area contributed by atoms with E-state index in [1.807, 2.05) is 0 Å². The van der Waals surface area contributed by atoms with Crippen LogP contribution >= 0.6 is 0 Å². The molecular weight excluding hydrogens is 253 g/mol. The van der Waals surface area contributed by atoms with Gasteiger partial charge in [-0.2, -0.15) is 5.10 Å². The molecule has 0 aliphatic rings. The summed E-state index contributed by atoms with van der Waals surface area (Å²) >= 11 is 0. The summed E-state index contributed by atoms with van der Waals surface area (Å²) < 4.78 is 20.2. The van der Waals surface area contributed by atoms with Crippen molar-refractivity contribution in [2.45, 2.75) is 0 Å². The van der Waals surface area contributed by atoms with Crippen molar-refractivity contribution in [3.05, 3.63) is 35.6 Å². The minimum absolute atomic E-state index is 0.110. The first-order valence-electron chi connectivity index (χ1n) is 5.39. The molecule has 0 atom stereocenters. The minimum atomic E-state index is -1.18. The highest BCUT2D eigenvalue weighted by Gasteiger charge is 2.10. The number of rotatable bonds is 4. The predicted molar refractivity (Wildman–Crippen MR) is 66.4 cm³/mol. The Hall–Kier alpha value is -2.57. The molecule has 2 rings (SSSR count). The van der Waals surface area contributed by atoms with Gasteiger partial charge in [-0.25, -0.2) is 13.9 Å². The number of nitrogens with one attached hydrogen (secondary N) is 1. The minimum Gasteiger partial charge on any atom is -0.481 e. The number of aryl methyl sites for hydroxylation is 1. The second-order valence-electron chi connectivity index (χ2n) is 3.82. The lowest BCUT2D eigenvalue weighted by Crippen LogP contribution is -2.00. The number of anilines is 2. The van der Waals surface area contributed by atoms with Crippen molar-refractivity contribution in [3.63, 3.8) is 0 Å². The predicted octanol–water partition coefficient (Wildman–Crippen LogP) is 2.01. The summed E-state index contributed by atoms with van der Waals surface area (Å²) in [4.78, 5) is 10.7. The topological polar surface area (TPSA) is 76.4 Å². The molecule has 0 unspecified atom stereocenters. The van der Waals surface area contributed by atoms with Crippen LogP contribution in [0.2, 0.25) is 0 Å². The third kappa shape index (κ3) is 2.65. The molecule has 0 aliphatic heterocycles. The van der Waals surface area contributed by atoms with E-state index in [-0.39, 0.29) is 11.3 Å². The number of hydrogen-bond acceptors (Lipinski definition) is 4. The van der Waals surface area contributed by atoms with Gasteiger partial charge in [0.05, 0.1) is 18.4 Å². The second kappa shape index (κ2) is 4.97. The lowest BCUT2D eigenvalue weighted by Gasteiger charge is -2.04. The molecule has 0 saturated heterocycles. The monoisotopic (exact) mass is 265 g/mol. The van der Waals surface area contributed by atoms with Crippen LogP contribution < -0.4 is 10.1 Å². The Bertz CT molecular complexity index is 625. The summed E-state index contributed by atoms with van der Waals surface area (Å²) in [5.74, 6) is -0.916. The molecule has 1 heterocycles. The molecule has 2 aromatic rings. The van der Waals surface area contributed by atoms with Gasteiger partial charge in [0.25, 0.3) is 0 Å². The fourth-order valence-electron chi connectivity index (χ4n) is 1.59. The molecule has 19 heavy (non-hydrogen) atoms. The normalized spacial score (nSPS) is 10.3. The smallest absolute Gasteiger partial charge is 0.335 e. The van der Waals surface area contributed by atoms with Crippen LogP contribution in [-0.4, -0.2) is 28.0 Å². The Kier molecular flexibility index (Phi) is 3.37. The highest BCUT2D eigenvalue weighted by atomic mass is 19.1. The molecule has 0 spiro atoms. The van der Waals surface area contributed by atoms with Crippen LogP contribution in [0.1, 0.15) is 10.4 Å². The van der Waals surface area contributed by atoms with E-state index in [1.54, 1.807) is 13.1 Å². The number of hydrogen-bond donors (Lipinski definition) is 2. The first-order valence-corrected chi connectivity index (χ1v) is 5.39. The quantitative estimate of drug-likeness (QED) is 0.884. The Labute approximate surface area is 108 Å². The Morgan fingerprint density at radius 1 is 1.47 bits per heavy atom. The molecule has 1 aromatic heterocycles. The van der Waals surface area contributed by atoms with Crippen LogP contribution in [0.25, 0.3) is 0 Å². The van der Waals surface area contributed by atoms with E-state index >= 15 is 0 Å². The van der Waals surface area contributed by atoms with E-state index < -0.39 is 11.8 Å². The number of nitrogens with zero attached hydrogens (tertiary/aromatic N) is 2. The van der Waals surface area contributed by atoms with Crippen LogP contribution in [0.4, 0.5) is 15.9 Å². The van der Waals surface area contributed by atoms with Crippen molar-refractivity contribution in [2.75, 3.05) is 12.4 Å². The van der Waals surface area contributed by atoms with Gasteiger partial charge >= 0.3 is 5.97 Å². The van der Waals surface area contributed by atoms with Gasteiger partial charge in [0.15, 0.2) is 5.82 Å². The number of methoxy groups -OCH3 is 1. The first kappa shape index (κ1) is 12.9. The maximum Gasteiger partial charge on any atom is 0.335 e. The molecule has 1 aromatic carbocycles. The van der Waals surface area contributed by atoms with Crippen LogP contribution in [0.15, 0.2) is 24.3 Å². The molecule has 7 heteroatoms. The zero-order chi connectivity index (χ0) is 14.0. The van der Waals surface area contributed by atoms with Gasteiger partial charge in [0.2, 0.25) is 5.88 Å². The number of halogens is 1. The maximum atomic E-state index is 13.7. The highest BCUT2D eigenvalue weighted by molar-refractivity contribution is 5.88. The van der Waals surface area contributed by atoms with Crippen LogP contribution in [0.3, 0.4) is 0 Å². The molecule has 0 bridgehead atoms. The van der Waals surface area contributed by atoms with Crippen molar-refractivity contribution >= 4 is 17.5 Å². The van der Waals surface area contributed by atoms with E-state index in [0.29, 0.717) is 11.7 Å².